The summed E-state index contributed by atoms with van der Waals surface area (Å²) in [6.07, 6.45) is 8.15. The summed E-state index contributed by atoms with van der Waals surface area (Å²) < 4.78 is 4.04. The van der Waals surface area contributed by atoms with Crippen LogP contribution in [-0.2, 0) is 4.79 Å². The van der Waals surface area contributed by atoms with E-state index in [1.165, 1.54) is 25.1 Å². The number of carbonyl (C=O) groups excluding carboxylic acids is 2. The first-order chi connectivity index (χ1) is 18.0. The maximum absolute atomic E-state index is 12.8. The van der Waals surface area contributed by atoms with E-state index < -0.39 is 0 Å². The van der Waals surface area contributed by atoms with E-state index in [4.69, 9.17) is 10.8 Å². The number of amides is 1. The van der Waals surface area contributed by atoms with E-state index in [1.54, 1.807) is 4.90 Å². The first-order valence-corrected chi connectivity index (χ1v) is 12.6. The molecule has 0 bridgehead atoms. The van der Waals surface area contributed by atoms with Crippen LogP contribution in [0.1, 0.15) is 66.3 Å². The van der Waals surface area contributed by atoms with E-state index in [0.717, 1.165) is 16.6 Å². The smallest absolute Gasteiger partial charge is 0.246 e. The van der Waals surface area contributed by atoms with Gasteiger partial charge in [0.05, 0.1) is 39.9 Å². The van der Waals surface area contributed by atoms with Crippen molar-refractivity contribution >= 4 is 39.4 Å². The van der Waals surface area contributed by atoms with Gasteiger partial charge >= 0.3 is 0 Å². The van der Waals surface area contributed by atoms with Gasteiger partial charge < -0.3 is 15.2 Å². The van der Waals surface area contributed by atoms with Crippen LogP contribution in [-0.4, -0.2) is 54.0 Å². The third-order valence-corrected chi connectivity index (χ3v) is 7.21. The van der Waals surface area contributed by atoms with Crippen LogP contribution in [0.3, 0.4) is 0 Å². The molecule has 1 saturated carbocycles. The molecule has 37 heavy (non-hydrogen) atoms. The molecule has 186 valence electrons. The predicted octanol–water partition coefficient (Wildman–Crippen LogP) is 3.65. The number of likely N-dealkylation sites (tertiary alicyclic amines) is 1. The second-order valence-corrected chi connectivity index (χ2v) is 9.62. The maximum atomic E-state index is 12.8. The molecule has 0 spiro atoms. The molecule has 0 unspecified atom stereocenters. The second-order valence-electron chi connectivity index (χ2n) is 9.62. The zero-order valence-corrected chi connectivity index (χ0v) is 20.6. The van der Waals surface area contributed by atoms with Crippen LogP contribution in [0.2, 0.25) is 0 Å². The minimum Gasteiger partial charge on any atom is -0.383 e. The summed E-state index contributed by atoms with van der Waals surface area (Å²) in [5.41, 5.74) is 10.7. The minimum atomic E-state index is -0.121. The van der Waals surface area contributed by atoms with Crippen LogP contribution in [0.4, 0.5) is 5.82 Å². The van der Waals surface area contributed by atoms with Gasteiger partial charge in [-0.25, -0.2) is 9.97 Å². The molecule has 9 heteroatoms. The van der Waals surface area contributed by atoms with Gasteiger partial charge in [-0.15, -0.1) is 0 Å². The molecule has 2 fully saturated rings. The topological polar surface area (TPSA) is 112 Å². The van der Waals surface area contributed by atoms with E-state index >= 15 is 0 Å². The number of fused-ring (bicyclic) bond motifs is 2. The molecule has 0 radical (unpaired) electrons. The zero-order chi connectivity index (χ0) is 25.7. The van der Waals surface area contributed by atoms with Crippen molar-refractivity contribution < 1.29 is 9.59 Å². The Morgan fingerprint density at radius 2 is 2.03 bits per heavy atom. The highest BCUT2D eigenvalue weighted by Gasteiger charge is 2.31. The molecule has 3 aromatic heterocycles. The molecule has 4 heterocycles. The molecule has 2 N–H and O–H groups in total. The van der Waals surface area contributed by atoms with Crippen LogP contribution < -0.4 is 5.73 Å². The lowest BCUT2D eigenvalue weighted by Gasteiger charge is -2.16. The molecular formula is C28H27N7O2. The Balaban J connectivity index is 1.44. The van der Waals surface area contributed by atoms with E-state index in [9.17, 15) is 9.59 Å². The summed E-state index contributed by atoms with van der Waals surface area (Å²) in [6.45, 7) is 6.46. The van der Waals surface area contributed by atoms with E-state index in [2.05, 4.69) is 39.0 Å². The van der Waals surface area contributed by atoms with Gasteiger partial charge in [0.15, 0.2) is 5.78 Å². The molecule has 1 amide bonds. The van der Waals surface area contributed by atoms with Crippen molar-refractivity contribution in [2.75, 3.05) is 18.8 Å². The summed E-state index contributed by atoms with van der Waals surface area (Å²) in [6, 6.07) is 6.46. The largest absolute Gasteiger partial charge is 0.383 e. The molecule has 9 nitrogen and oxygen atoms in total. The van der Waals surface area contributed by atoms with Gasteiger partial charge in [-0.05, 0) is 49.5 Å². The fourth-order valence-corrected chi connectivity index (χ4v) is 5.10. The SMILES string of the molecule is C=CC(=O)N1CC[C@H](n2nc(C#Cc3ccc4c(c3)ncn4C3CC3)c3c(N)ncc(C(=O)CC)c32)C1. The third-order valence-electron chi connectivity index (χ3n) is 7.21. The van der Waals surface area contributed by atoms with Crippen LogP contribution in [0.25, 0.3) is 21.9 Å². The lowest BCUT2D eigenvalue weighted by atomic mass is 10.1. The van der Waals surface area contributed by atoms with Crippen molar-refractivity contribution in [3.63, 3.8) is 0 Å². The number of pyridine rings is 1. The quantitative estimate of drug-likeness (QED) is 0.258. The summed E-state index contributed by atoms with van der Waals surface area (Å²) in [5.74, 6) is 6.49. The number of rotatable bonds is 5. The number of hydrogen-bond donors (Lipinski definition) is 1. The number of ketones is 1. The fraction of sp³-hybridized carbons (Fsp3) is 0.321. The number of hydrogen-bond acceptors (Lipinski definition) is 6. The zero-order valence-electron chi connectivity index (χ0n) is 20.6. The van der Waals surface area contributed by atoms with Gasteiger partial charge in [0.2, 0.25) is 5.91 Å². The summed E-state index contributed by atoms with van der Waals surface area (Å²) in [5, 5.41) is 5.40. The van der Waals surface area contributed by atoms with Crippen LogP contribution in [0, 0.1) is 11.8 Å². The van der Waals surface area contributed by atoms with Gasteiger partial charge in [-0.3, -0.25) is 14.3 Å². The van der Waals surface area contributed by atoms with Gasteiger partial charge in [-0.1, -0.05) is 19.4 Å². The molecule has 1 aliphatic carbocycles. The highest BCUT2D eigenvalue weighted by Crippen LogP contribution is 2.37. The first-order valence-electron chi connectivity index (χ1n) is 12.6. The highest BCUT2D eigenvalue weighted by atomic mass is 16.2. The summed E-state index contributed by atoms with van der Waals surface area (Å²) in [4.78, 5) is 35.6. The average Bonchev–Trinajstić information content (AvgIpc) is 3.32. The molecule has 1 saturated heterocycles. The number of carbonyl (C=O) groups is 2. The number of benzene rings is 1. The molecule has 1 aromatic carbocycles. The van der Waals surface area contributed by atoms with Crippen LogP contribution in [0.15, 0.2) is 43.4 Å². The van der Waals surface area contributed by atoms with E-state index in [-0.39, 0.29) is 23.6 Å². The minimum absolute atomic E-state index is 0.0492. The summed E-state index contributed by atoms with van der Waals surface area (Å²) in [7, 11) is 0. The van der Waals surface area contributed by atoms with Crippen molar-refractivity contribution in [2.45, 2.75) is 44.7 Å². The average molecular weight is 494 g/mol. The van der Waals surface area contributed by atoms with Gasteiger partial charge in [0, 0.05) is 37.3 Å². The third kappa shape index (κ3) is 3.95. The molecule has 2 aliphatic rings. The van der Waals surface area contributed by atoms with E-state index in [1.807, 2.05) is 30.1 Å². The lowest BCUT2D eigenvalue weighted by Crippen LogP contribution is -2.27. The Bertz CT molecular complexity index is 1650. The van der Waals surface area contributed by atoms with Crippen LogP contribution >= 0.6 is 0 Å². The standard InChI is InChI=1S/C28H27N7O2/c1-3-24(36)20-14-30-28(29)26-21(32-35(27(20)26)19-11-12-33(15-19)25(37)4-2)9-5-17-6-10-23-22(13-17)31-16-34(23)18-7-8-18/h4,6,10,13-14,16,18-19H,2-3,7-8,11-12,15H2,1H3,(H2,29,30)/t19-/m0/s1. The number of nitrogens with zero attached hydrogens (tertiary/aromatic N) is 6. The predicted molar refractivity (Wildman–Crippen MR) is 141 cm³/mol. The number of nitrogen functional groups attached to an aromatic ring is 1. The van der Waals surface area contributed by atoms with Gasteiger partial charge in [0.25, 0.3) is 0 Å². The number of nitrogens with two attached hydrogens (primary N) is 1. The molecule has 1 aliphatic heterocycles. The summed E-state index contributed by atoms with van der Waals surface area (Å²) >= 11 is 0. The van der Waals surface area contributed by atoms with Gasteiger partial charge in [-0.2, -0.15) is 5.10 Å². The monoisotopic (exact) mass is 493 g/mol. The Morgan fingerprint density at radius 3 is 2.78 bits per heavy atom. The number of anilines is 1. The molecule has 6 rings (SSSR count). The van der Waals surface area contributed by atoms with Crippen molar-refractivity contribution in [3.05, 3.63) is 60.2 Å². The number of Topliss-reactive ketones (excluding diaryl/α,β-unsaturated/α-hetero) is 1. The Labute approximate surface area is 214 Å². The fourth-order valence-electron chi connectivity index (χ4n) is 5.10. The normalized spacial score (nSPS) is 17.2. The Morgan fingerprint density at radius 1 is 1.19 bits per heavy atom. The van der Waals surface area contributed by atoms with Crippen LogP contribution in [0.5, 0.6) is 0 Å². The van der Waals surface area contributed by atoms with Gasteiger partial charge in [0.1, 0.15) is 11.5 Å². The van der Waals surface area contributed by atoms with Crippen molar-refractivity contribution in [1.82, 2.24) is 29.2 Å². The van der Waals surface area contributed by atoms with Crippen molar-refractivity contribution in [1.29, 1.82) is 0 Å². The highest BCUT2D eigenvalue weighted by molar-refractivity contribution is 6.10. The second kappa shape index (κ2) is 8.89. The lowest BCUT2D eigenvalue weighted by molar-refractivity contribution is -0.125. The number of aromatic nitrogens is 5. The molecule has 1 atom stereocenters. The van der Waals surface area contributed by atoms with Crippen molar-refractivity contribution in [2.24, 2.45) is 0 Å². The maximum Gasteiger partial charge on any atom is 0.246 e. The molecular weight excluding hydrogens is 466 g/mol. The van der Waals surface area contributed by atoms with Crippen molar-refractivity contribution in [3.8, 4) is 11.8 Å². The Kier molecular flexibility index (Phi) is 5.52. The molecule has 4 aromatic rings. The Hall–Kier alpha value is -4.45. The van der Waals surface area contributed by atoms with E-state index in [0.29, 0.717) is 54.1 Å². The first kappa shape index (κ1) is 23.0. The number of imidazole rings is 1.